The van der Waals surface area contributed by atoms with Crippen molar-refractivity contribution >= 4 is 17.5 Å². The van der Waals surface area contributed by atoms with Crippen molar-refractivity contribution in [3.05, 3.63) is 53.1 Å². The van der Waals surface area contributed by atoms with Gasteiger partial charge in [0.1, 0.15) is 17.4 Å². The number of hydrogen-bond donors (Lipinski definition) is 2. The summed E-state index contributed by atoms with van der Waals surface area (Å²) in [6.07, 6.45) is -2.62. The molecule has 1 fully saturated rings. The van der Waals surface area contributed by atoms with Crippen LogP contribution in [0.4, 0.5) is 17.6 Å². The number of halogens is 4. The lowest BCUT2D eigenvalue weighted by Gasteiger charge is -2.20. The van der Waals surface area contributed by atoms with E-state index in [4.69, 9.17) is 5.73 Å². The molecule has 2 heterocycles. The van der Waals surface area contributed by atoms with Crippen molar-refractivity contribution in [2.75, 3.05) is 0 Å². The number of fused-ring (bicyclic) bond motifs is 1. The molecule has 1 aromatic carbocycles. The molecule has 31 heavy (non-hydrogen) atoms. The lowest BCUT2D eigenvalue weighted by molar-refractivity contribution is -0.158. The summed E-state index contributed by atoms with van der Waals surface area (Å²) in [4.78, 5) is 28.4. The van der Waals surface area contributed by atoms with Gasteiger partial charge in [-0.3, -0.25) is 9.59 Å². The van der Waals surface area contributed by atoms with E-state index in [0.717, 1.165) is 12.3 Å². The highest BCUT2D eigenvalue weighted by Gasteiger charge is 2.49. The second-order valence-corrected chi connectivity index (χ2v) is 7.47. The zero-order valence-electron chi connectivity index (χ0n) is 16.2. The zero-order valence-corrected chi connectivity index (χ0v) is 16.2. The van der Waals surface area contributed by atoms with Crippen molar-refractivity contribution in [2.24, 2.45) is 11.7 Å². The quantitative estimate of drug-likeness (QED) is 0.602. The molecule has 1 aliphatic rings. The predicted molar refractivity (Wildman–Crippen MR) is 102 cm³/mol. The summed E-state index contributed by atoms with van der Waals surface area (Å²) in [5.74, 6) is -3.33. The van der Waals surface area contributed by atoms with E-state index >= 15 is 0 Å². The average molecular weight is 435 g/mol. The van der Waals surface area contributed by atoms with Gasteiger partial charge in [-0.15, -0.1) is 0 Å². The monoisotopic (exact) mass is 435 g/mol. The first kappa shape index (κ1) is 20.8. The standard InChI is InChI=1S/C20H17F4N5O2/c1-9-6-15(11-4-5-14(21)12(7-11)17(25)30)27-18-13(8-26-29(9)18)19(31)28-16(10-2-3-10)20(22,23)24/h4-8,10,16H,2-3H2,1H3,(H2,25,30)(H,28,31). The van der Waals surface area contributed by atoms with Gasteiger partial charge in [-0.1, -0.05) is 0 Å². The van der Waals surface area contributed by atoms with Crippen LogP contribution >= 0.6 is 0 Å². The Labute approximate surface area is 173 Å². The molecular formula is C20H17F4N5O2. The maximum atomic E-state index is 13.8. The Bertz CT molecular complexity index is 1200. The topological polar surface area (TPSA) is 102 Å². The van der Waals surface area contributed by atoms with Crippen LogP contribution in [0.1, 0.15) is 39.3 Å². The second-order valence-electron chi connectivity index (χ2n) is 7.47. The molecule has 2 amide bonds. The summed E-state index contributed by atoms with van der Waals surface area (Å²) in [6, 6.07) is 3.31. The number of hydrogen-bond acceptors (Lipinski definition) is 4. The predicted octanol–water partition coefficient (Wildman–Crippen LogP) is 3.01. The SMILES string of the molecule is Cc1cc(-c2ccc(F)c(C(N)=O)c2)nc2c(C(=O)NC(C3CC3)C(F)(F)F)cnn12. The lowest BCUT2D eigenvalue weighted by Crippen LogP contribution is -2.46. The van der Waals surface area contributed by atoms with Gasteiger partial charge in [0.25, 0.3) is 11.8 Å². The molecule has 0 saturated heterocycles. The van der Waals surface area contributed by atoms with Crippen LogP contribution in [0.3, 0.4) is 0 Å². The molecular weight excluding hydrogens is 418 g/mol. The van der Waals surface area contributed by atoms with Gasteiger partial charge in [0, 0.05) is 11.3 Å². The van der Waals surface area contributed by atoms with Gasteiger partial charge < -0.3 is 11.1 Å². The number of amides is 2. The van der Waals surface area contributed by atoms with Gasteiger partial charge in [0.05, 0.1) is 17.5 Å². The summed E-state index contributed by atoms with van der Waals surface area (Å²) >= 11 is 0. The highest BCUT2D eigenvalue weighted by atomic mass is 19.4. The number of aryl methyl sites for hydroxylation is 1. The van der Waals surface area contributed by atoms with Crippen molar-refractivity contribution in [2.45, 2.75) is 32.0 Å². The molecule has 2 aromatic heterocycles. The van der Waals surface area contributed by atoms with E-state index in [1.165, 1.54) is 16.6 Å². The number of alkyl halides is 3. The fourth-order valence-electron chi connectivity index (χ4n) is 3.41. The van der Waals surface area contributed by atoms with Crippen molar-refractivity contribution in [3.8, 4) is 11.3 Å². The molecule has 11 heteroatoms. The van der Waals surface area contributed by atoms with Gasteiger partial charge in [0.15, 0.2) is 5.65 Å². The Morgan fingerprint density at radius 1 is 1.23 bits per heavy atom. The normalized spacial score (nSPS) is 15.1. The third-order valence-corrected chi connectivity index (χ3v) is 5.15. The van der Waals surface area contributed by atoms with Crippen LogP contribution in [0.5, 0.6) is 0 Å². The lowest BCUT2D eigenvalue weighted by atomic mass is 10.1. The molecule has 0 radical (unpaired) electrons. The van der Waals surface area contributed by atoms with Gasteiger partial charge in [-0.05, 0) is 49.9 Å². The van der Waals surface area contributed by atoms with E-state index in [1.807, 2.05) is 0 Å². The van der Waals surface area contributed by atoms with Crippen LogP contribution in [0, 0.1) is 18.7 Å². The molecule has 0 bridgehead atoms. The molecule has 1 saturated carbocycles. The summed E-state index contributed by atoms with van der Waals surface area (Å²) in [5.41, 5.74) is 5.91. The van der Waals surface area contributed by atoms with E-state index in [1.54, 1.807) is 13.0 Å². The number of nitrogens with two attached hydrogens (primary N) is 1. The molecule has 0 spiro atoms. The number of rotatable bonds is 5. The third kappa shape index (κ3) is 3.94. The van der Waals surface area contributed by atoms with Crippen LogP contribution in [0.15, 0.2) is 30.5 Å². The first-order chi connectivity index (χ1) is 14.6. The van der Waals surface area contributed by atoms with Crippen molar-refractivity contribution in [3.63, 3.8) is 0 Å². The van der Waals surface area contributed by atoms with Crippen LogP contribution in [0.2, 0.25) is 0 Å². The molecule has 3 aromatic rings. The highest BCUT2D eigenvalue weighted by molar-refractivity contribution is 6.00. The molecule has 1 atom stereocenters. The summed E-state index contributed by atoms with van der Waals surface area (Å²) in [5, 5.41) is 6.10. The summed E-state index contributed by atoms with van der Waals surface area (Å²) in [7, 11) is 0. The average Bonchev–Trinajstić information content (AvgIpc) is 3.42. The first-order valence-corrected chi connectivity index (χ1v) is 9.39. The number of aromatic nitrogens is 3. The molecule has 4 rings (SSSR count). The molecule has 3 N–H and O–H groups in total. The van der Waals surface area contributed by atoms with E-state index < -0.39 is 35.8 Å². The fourth-order valence-corrected chi connectivity index (χ4v) is 3.41. The minimum Gasteiger partial charge on any atom is -0.366 e. The number of nitrogens with one attached hydrogen (secondary N) is 1. The maximum absolute atomic E-state index is 13.8. The van der Waals surface area contributed by atoms with Crippen LogP contribution in [-0.2, 0) is 0 Å². The summed E-state index contributed by atoms with van der Waals surface area (Å²) in [6.45, 7) is 1.66. The third-order valence-electron chi connectivity index (χ3n) is 5.15. The largest absolute Gasteiger partial charge is 0.408 e. The Hall–Kier alpha value is -3.50. The smallest absolute Gasteiger partial charge is 0.366 e. The van der Waals surface area contributed by atoms with Crippen LogP contribution < -0.4 is 11.1 Å². The van der Waals surface area contributed by atoms with Crippen molar-refractivity contribution in [1.82, 2.24) is 19.9 Å². The van der Waals surface area contributed by atoms with Gasteiger partial charge in [-0.2, -0.15) is 18.3 Å². The van der Waals surface area contributed by atoms with E-state index in [2.05, 4.69) is 15.4 Å². The van der Waals surface area contributed by atoms with Crippen molar-refractivity contribution < 1.29 is 27.2 Å². The molecule has 7 nitrogen and oxygen atoms in total. The van der Waals surface area contributed by atoms with E-state index in [0.29, 0.717) is 24.1 Å². The minimum absolute atomic E-state index is 0.0363. The molecule has 0 aliphatic heterocycles. The van der Waals surface area contributed by atoms with Crippen LogP contribution in [-0.4, -0.2) is 38.6 Å². The van der Waals surface area contributed by atoms with Crippen molar-refractivity contribution in [1.29, 1.82) is 0 Å². The highest BCUT2D eigenvalue weighted by Crippen LogP contribution is 2.40. The maximum Gasteiger partial charge on any atom is 0.408 e. The van der Waals surface area contributed by atoms with Gasteiger partial charge in [0.2, 0.25) is 0 Å². The van der Waals surface area contributed by atoms with Crippen LogP contribution in [0.25, 0.3) is 16.9 Å². The Morgan fingerprint density at radius 3 is 2.55 bits per heavy atom. The Balaban J connectivity index is 1.74. The molecule has 1 aliphatic carbocycles. The number of benzene rings is 1. The fraction of sp³-hybridized carbons (Fsp3) is 0.300. The van der Waals surface area contributed by atoms with E-state index in [-0.39, 0.29) is 22.5 Å². The number of carbonyl (C=O) groups is 2. The van der Waals surface area contributed by atoms with E-state index in [9.17, 15) is 27.2 Å². The Kier molecular flexibility index (Phi) is 4.91. The number of primary amides is 1. The summed E-state index contributed by atoms with van der Waals surface area (Å²) < 4.78 is 55.0. The second kappa shape index (κ2) is 7.33. The molecule has 162 valence electrons. The van der Waals surface area contributed by atoms with Gasteiger partial charge >= 0.3 is 6.18 Å². The zero-order chi connectivity index (χ0) is 22.5. The van der Waals surface area contributed by atoms with Gasteiger partial charge in [-0.25, -0.2) is 13.9 Å². The minimum atomic E-state index is -4.56. The number of carbonyl (C=O) groups excluding carboxylic acids is 2. The first-order valence-electron chi connectivity index (χ1n) is 9.39. The molecule has 1 unspecified atom stereocenters. The Morgan fingerprint density at radius 2 is 1.94 bits per heavy atom. The number of nitrogens with zero attached hydrogens (tertiary/aromatic N) is 3.